The third-order valence-corrected chi connectivity index (χ3v) is 12.2. The maximum Gasteiger partial charge on any atom is 0.416 e. The van der Waals surface area contributed by atoms with Gasteiger partial charge in [-0.25, -0.2) is 8.78 Å². The van der Waals surface area contributed by atoms with E-state index in [-0.39, 0.29) is 0 Å². The lowest BCUT2D eigenvalue weighted by Crippen LogP contribution is -2.47. The Hall–Kier alpha value is -4.75. The minimum Gasteiger partial charge on any atom is -0.344 e. The maximum absolute atomic E-state index is 13.4. The van der Waals surface area contributed by atoms with Gasteiger partial charge in [0.1, 0.15) is 0 Å². The molecule has 2 saturated heterocycles. The predicted molar refractivity (Wildman–Crippen MR) is 223 cm³/mol. The topological polar surface area (TPSA) is 64.5 Å². The molecule has 8 rings (SSSR count). The summed E-state index contributed by atoms with van der Waals surface area (Å²) in [7, 11) is 0. The van der Waals surface area contributed by atoms with E-state index >= 15 is 0 Å². The molecule has 4 heterocycles. The highest BCUT2D eigenvalue weighted by Gasteiger charge is 2.31. The highest BCUT2D eigenvalue weighted by molar-refractivity contribution is 7.10. The molecule has 4 aromatic carbocycles. The summed E-state index contributed by atoms with van der Waals surface area (Å²) in [4.78, 5) is 18.0. The first kappa shape index (κ1) is 44.3. The van der Waals surface area contributed by atoms with Crippen LogP contribution in [0.25, 0.3) is 22.8 Å². The van der Waals surface area contributed by atoms with Crippen LogP contribution in [0.5, 0.6) is 0 Å². The molecule has 0 spiro atoms. The Morgan fingerprint density at radius 3 is 1.38 bits per heavy atom. The van der Waals surface area contributed by atoms with Crippen molar-refractivity contribution in [2.75, 3.05) is 75.2 Å². The lowest BCUT2D eigenvalue weighted by atomic mass is 10.1. The average molecular weight is 907 g/mol. The van der Waals surface area contributed by atoms with Crippen LogP contribution in [0.3, 0.4) is 0 Å². The average Bonchev–Trinajstić information content (AvgIpc) is 3.96. The molecule has 0 atom stereocenters. The maximum atomic E-state index is 13.4. The van der Waals surface area contributed by atoms with Crippen LogP contribution < -0.4 is 9.80 Å². The second-order valence-electron chi connectivity index (χ2n) is 14.5. The molecule has 0 N–H and O–H groups in total. The van der Waals surface area contributed by atoms with Crippen LogP contribution in [-0.2, 0) is 25.2 Å². The Kier molecular flexibility index (Phi) is 14.2. The molecule has 322 valence electrons. The van der Waals surface area contributed by atoms with E-state index in [1.54, 1.807) is 12.1 Å². The number of piperazine rings is 2. The zero-order valence-electron chi connectivity index (χ0n) is 32.4. The number of nitrogens with zero attached hydrogens (tertiary/aromatic N) is 8. The summed E-state index contributed by atoms with van der Waals surface area (Å²) in [6.45, 7) is 8.09. The Balaban J connectivity index is 0.000000184. The van der Waals surface area contributed by atoms with Crippen molar-refractivity contribution in [3.8, 4) is 22.8 Å². The summed E-state index contributed by atoms with van der Waals surface area (Å²) in [6.07, 6.45) is -7.19. The van der Waals surface area contributed by atoms with E-state index in [4.69, 9.17) is 11.6 Å². The molecule has 2 aliphatic rings. The first-order valence-corrected chi connectivity index (χ1v) is 21.3. The summed E-state index contributed by atoms with van der Waals surface area (Å²) in [5.74, 6) is -0.798. The zero-order chi connectivity index (χ0) is 43.1. The van der Waals surface area contributed by atoms with Gasteiger partial charge in [0.25, 0.3) is 0 Å². The molecule has 0 amide bonds. The van der Waals surface area contributed by atoms with Crippen LogP contribution in [0, 0.1) is 11.6 Å². The zero-order valence-corrected chi connectivity index (χ0v) is 34.8. The Morgan fingerprint density at radius 1 is 0.525 bits per heavy atom. The lowest BCUT2D eigenvalue weighted by Gasteiger charge is -2.34. The fourth-order valence-electron chi connectivity index (χ4n) is 6.81. The van der Waals surface area contributed by atoms with Crippen molar-refractivity contribution in [2.45, 2.75) is 25.2 Å². The fourth-order valence-corrected chi connectivity index (χ4v) is 8.48. The summed E-state index contributed by atoms with van der Waals surface area (Å²) in [5.41, 5.74) is 1.88. The number of benzene rings is 4. The van der Waals surface area contributed by atoms with Gasteiger partial charge < -0.3 is 9.80 Å². The first-order chi connectivity index (χ1) is 29.2. The number of hydrogen-bond acceptors (Lipinski definition) is 10. The van der Waals surface area contributed by atoms with E-state index in [1.807, 2.05) is 24.3 Å². The molecule has 61 heavy (non-hydrogen) atoms. The third-order valence-electron chi connectivity index (χ3n) is 10.4. The summed E-state index contributed by atoms with van der Waals surface area (Å²) < 4.78 is 111. The molecule has 0 radical (unpaired) electrons. The molecule has 0 saturated carbocycles. The second-order valence-corrected chi connectivity index (χ2v) is 16.4. The monoisotopic (exact) mass is 906 g/mol. The van der Waals surface area contributed by atoms with E-state index in [0.717, 1.165) is 135 Å². The molecule has 0 bridgehead atoms. The van der Waals surface area contributed by atoms with Crippen molar-refractivity contribution in [3.05, 3.63) is 130 Å². The minimum absolute atomic E-state index is 0.364. The van der Waals surface area contributed by atoms with Crippen molar-refractivity contribution >= 4 is 44.9 Å². The van der Waals surface area contributed by atoms with Crippen molar-refractivity contribution in [3.63, 3.8) is 0 Å². The van der Waals surface area contributed by atoms with E-state index < -0.39 is 35.1 Å². The van der Waals surface area contributed by atoms with Gasteiger partial charge in [-0.05, 0) is 78.6 Å². The highest BCUT2D eigenvalue weighted by Crippen LogP contribution is 2.31. The molecule has 2 fully saturated rings. The van der Waals surface area contributed by atoms with Crippen molar-refractivity contribution < 1.29 is 35.1 Å². The summed E-state index contributed by atoms with van der Waals surface area (Å²) in [5, 5.41) is 2.28. The number of alkyl halides is 6. The molecule has 19 heteroatoms. The highest BCUT2D eigenvalue weighted by atomic mass is 35.5. The standard InChI is InChI=1S/C21H20ClF3N4S.C21H19F5N4S/c22-18-3-1-2-16(14-18)19-26-20(30-27-19)29-12-10-28(11-13-29)9-8-15-4-6-17(7-5-15)21(23,24)25;22-17-6-3-15(13-18(17)23)19-27-20(31-28-19)30-11-9-29(10-12-30)8-7-14-1-4-16(5-2-14)21(24,25)26/h1-7,14H,8-13H2;1-6,13H,7-12H2. The molecule has 0 unspecified atom stereocenters. The molecular weight excluding hydrogens is 868 g/mol. The normalized spacial score (nSPS) is 15.5. The minimum atomic E-state index is -4.32. The molecule has 0 aliphatic carbocycles. The first-order valence-electron chi connectivity index (χ1n) is 19.3. The summed E-state index contributed by atoms with van der Waals surface area (Å²) in [6, 6.07) is 21.8. The molecular formula is C42H39ClF8N8S2. The second kappa shape index (κ2) is 19.5. The van der Waals surface area contributed by atoms with Crippen LogP contribution in [-0.4, -0.2) is 94.0 Å². The molecule has 6 aromatic rings. The van der Waals surface area contributed by atoms with Gasteiger partial charge in [0.2, 0.25) is 10.3 Å². The van der Waals surface area contributed by atoms with Gasteiger partial charge in [0.15, 0.2) is 23.3 Å². The van der Waals surface area contributed by atoms with Gasteiger partial charge in [-0.3, -0.25) is 9.80 Å². The lowest BCUT2D eigenvalue weighted by molar-refractivity contribution is -0.138. The van der Waals surface area contributed by atoms with E-state index in [1.165, 1.54) is 41.3 Å². The van der Waals surface area contributed by atoms with E-state index in [0.29, 0.717) is 28.7 Å². The largest absolute Gasteiger partial charge is 0.416 e. The molecule has 8 nitrogen and oxygen atoms in total. The number of hydrogen-bond donors (Lipinski definition) is 0. The van der Waals surface area contributed by atoms with Crippen LogP contribution in [0.4, 0.5) is 45.4 Å². The van der Waals surface area contributed by atoms with E-state index in [2.05, 4.69) is 38.3 Å². The van der Waals surface area contributed by atoms with Crippen molar-refractivity contribution in [1.82, 2.24) is 28.5 Å². The summed E-state index contributed by atoms with van der Waals surface area (Å²) >= 11 is 8.65. The van der Waals surface area contributed by atoms with Gasteiger partial charge >= 0.3 is 12.4 Å². The molecule has 2 aromatic heterocycles. The van der Waals surface area contributed by atoms with Crippen molar-refractivity contribution in [2.24, 2.45) is 0 Å². The van der Waals surface area contributed by atoms with Gasteiger partial charge in [0, 0.05) is 105 Å². The number of rotatable bonds is 10. The smallest absolute Gasteiger partial charge is 0.344 e. The Bertz CT molecular complexity index is 2340. The van der Waals surface area contributed by atoms with Crippen LogP contribution in [0.2, 0.25) is 5.02 Å². The molecule has 2 aliphatic heterocycles. The van der Waals surface area contributed by atoms with Gasteiger partial charge in [-0.1, -0.05) is 48.0 Å². The van der Waals surface area contributed by atoms with Crippen molar-refractivity contribution in [1.29, 1.82) is 0 Å². The number of anilines is 2. The van der Waals surface area contributed by atoms with Crippen LogP contribution >= 0.6 is 34.7 Å². The predicted octanol–water partition coefficient (Wildman–Crippen LogP) is 10.1. The Morgan fingerprint density at radius 2 is 0.967 bits per heavy atom. The van der Waals surface area contributed by atoms with Gasteiger partial charge in [0.05, 0.1) is 11.1 Å². The quantitative estimate of drug-likeness (QED) is 0.126. The number of halogens is 9. The SMILES string of the molecule is FC(F)(F)c1ccc(CCN2CCN(c3nc(-c4cccc(Cl)c4)ns3)CC2)cc1.Fc1ccc(-c2nsc(N3CCN(CCc4ccc(C(F)(F)F)cc4)CC3)n2)cc1F. The third kappa shape index (κ3) is 12.0. The van der Waals surface area contributed by atoms with E-state index in [9.17, 15) is 35.1 Å². The number of aromatic nitrogens is 4. The van der Waals surface area contributed by atoms with Crippen LogP contribution in [0.1, 0.15) is 22.3 Å². The van der Waals surface area contributed by atoms with Crippen LogP contribution in [0.15, 0.2) is 91.0 Å². The fraction of sp³-hybridized carbons (Fsp3) is 0.333. The Labute approximate surface area is 360 Å². The van der Waals surface area contributed by atoms with Gasteiger partial charge in [-0.2, -0.15) is 45.1 Å². The van der Waals surface area contributed by atoms with Gasteiger partial charge in [-0.15, -0.1) is 0 Å².